The largest absolute Gasteiger partial charge is 0.317 e. The molecule has 0 aliphatic carbocycles. The molecule has 0 heterocycles. The van der Waals surface area contributed by atoms with Gasteiger partial charge in [-0.05, 0) is 34.1 Å². The smallest absolute Gasteiger partial charge is 0.257 e. The highest BCUT2D eigenvalue weighted by molar-refractivity contribution is 9.11. The minimum Gasteiger partial charge on any atom is -0.317 e. The fourth-order valence-corrected chi connectivity index (χ4v) is 2.30. The van der Waals surface area contributed by atoms with Crippen molar-refractivity contribution in [1.29, 1.82) is 0 Å². The number of carbonyl (C=O) groups is 1. The Kier molecular flexibility index (Phi) is 4.49. The Balaban J connectivity index is 2.35. The Labute approximate surface area is 129 Å². The molecule has 0 unspecified atom stereocenters. The van der Waals surface area contributed by atoms with Crippen LogP contribution >= 0.6 is 31.9 Å². The number of halogens is 5. The highest BCUT2D eigenvalue weighted by Gasteiger charge is 2.17. The Bertz CT molecular complexity index is 668. The summed E-state index contributed by atoms with van der Waals surface area (Å²) in [5.41, 5.74) is -0.509. The van der Waals surface area contributed by atoms with Crippen LogP contribution in [0.3, 0.4) is 0 Å². The van der Waals surface area contributed by atoms with E-state index < -0.39 is 29.0 Å². The number of rotatable bonds is 2. The summed E-state index contributed by atoms with van der Waals surface area (Å²) in [6.45, 7) is 0. The van der Waals surface area contributed by atoms with Crippen molar-refractivity contribution in [2.45, 2.75) is 0 Å². The lowest BCUT2D eigenvalue weighted by molar-refractivity contribution is 0.102. The number of carbonyl (C=O) groups excluding carboxylic acids is 1. The second-order valence-electron chi connectivity index (χ2n) is 3.82. The molecule has 2 aromatic carbocycles. The van der Waals surface area contributed by atoms with Gasteiger partial charge >= 0.3 is 0 Å². The molecule has 0 radical (unpaired) electrons. The van der Waals surface area contributed by atoms with E-state index in [1.807, 2.05) is 0 Å². The highest BCUT2D eigenvalue weighted by atomic mass is 79.9. The first-order chi connectivity index (χ1) is 9.38. The minimum absolute atomic E-state index is 0.183. The molecule has 0 aliphatic heterocycles. The van der Waals surface area contributed by atoms with E-state index >= 15 is 0 Å². The van der Waals surface area contributed by atoms with E-state index in [0.29, 0.717) is 21.1 Å². The lowest BCUT2D eigenvalue weighted by atomic mass is 10.2. The van der Waals surface area contributed by atoms with E-state index in [-0.39, 0.29) is 5.56 Å². The number of nitrogens with one attached hydrogen (secondary N) is 1. The van der Waals surface area contributed by atoms with E-state index in [0.717, 1.165) is 0 Å². The van der Waals surface area contributed by atoms with E-state index in [1.54, 1.807) is 12.1 Å². The Hall–Kier alpha value is -1.34. The molecule has 7 heteroatoms. The third kappa shape index (κ3) is 3.21. The van der Waals surface area contributed by atoms with Gasteiger partial charge in [-0.1, -0.05) is 15.9 Å². The van der Waals surface area contributed by atoms with Gasteiger partial charge in [-0.3, -0.25) is 4.79 Å². The summed E-state index contributed by atoms with van der Waals surface area (Å²) in [4.78, 5) is 12.0. The standard InChI is InChI=1S/C13H6Br2F3NO/c14-6-1-2-9(15)8(3-6)13(20)19-12-10(17)4-7(16)5-11(12)18/h1-5H,(H,19,20). The van der Waals surface area contributed by atoms with Crippen molar-refractivity contribution in [1.82, 2.24) is 0 Å². The summed E-state index contributed by atoms with van der Waals surface area (Å²) in [5.74, 6) is -4.13. The molecular weight excluding hydrogens is 403 g/mol. The molecule has 104 valence electrons. The van der Waals surface area contributed by atoms with Crippen LogP contribution in [0.15, 0.2) is 39.3 Å². The van der Waals surface area contributed by atoms with Crippen LogP contribution in [0.25, 0.3) is 0 Å². The molecule has 2 aromatic rings. The predicted molar refractivity (Wildman–Crippen MR) is 76.1 cm³/mol. The van der Waals surface area contributed by atoms with Gasteiger partial charge in [-0.25, -0.2) is 13.2 Å². The quantitative estimate of drug-likeness (QED) is 0.753. The zero-order chi connectivity index (χ0) is 14.9. The fraction of sp³-hybridized carbons (Fsp3) is 0. The maximum absolute atomic E-state index is 13.5. The van der Waals surface area contributed by atoms with Gasteiger partial charge in [0.05, 0.1) is 5.56 Å². The van der Waals surface area contributed by atoms with E-state index in [1.165, 1.54) is 6.07 Å². The van der Waals surface area contributed by atoms with Gasteiger partial charge in [0.25, 0.3) is 5.91 Å². The summed E-state index contributed by atoms with van der Waals surface area (Å²) >= 11 is 6.35. The molecule has 2 rings (SSSR count). The third-order valence-electron chi connectivity index (χ3n) is 2.42. The zero-order valence-corrected chi connectivity index (χ0v) is 12.9. The average Bonchev–Trinajstić information content (AvgIpc) is 2.36. The molecule has 0 atom stereocenters. The summed E-state index contributed by atoms with van der Waals surface area (Å²) < 4.78 is 40.8. The van der Waals surface area contributed by atoms with Gasteiger partial charge < -0.3 is 5.32 Å². The molecule has 0 saturated heterocycles. The number of benzene rings is 2. The Morgan fingerprint density at radius 2 is 1.60 bits per heavy atom. The first-order valence-electron chi connectivity index (χ1n) is 5.29. The van der Waals surface area contributed by atoms with Gasteiger partial charge in [0, 0.05) is 21.1 Å². The first kappa shape index (κ1) is 15.1. The van der Waals surface area contributed by atoms with Crippen molar-refractivity contribution in [2.75, 3.05) is 5.32 Å². The maximum atomic E-state index is 13.5. The maximum Gasteiger partial charge on any atom is 0.257 e. The van der Waals surface area contributed by atoms with Gasteiger partial charge in [0.2, 0.25) is 0 Å². The van der Waals surface area contributed by atoms with E-state index in [4.69, 9.17) is 0 Å². The molecule has 0 aromatic heterocycles. The van der Waals surface area contributed by atoms with Crippen molar-refractivity contribution in [3.8, 4) is 0 Å². The molecule has 0 spiro atoms. The van der Waals surface area contributed by atoms with Gasteiger partial charge in [-0.15, -0.1) is 0 Å². The molecule has 1 amide bonds. The van der Waals surface area contributed by atoms with Gasteiger partial charge in [0.15, 0.2) is 11.6 Å². The van der Waals surface area contributed by atoms with Crippen LogP contribution in [-0.2, 0) is 0 Å². The van der Waals surface area contributed by atoms with Crippen LogP contribution in [0, 0.1) is 17.5 Å². The Morgan fingerprint density at radius 1 is 1.00 bits per heavy atom. The summed E-state index contributed by atoms with van der Waals surface area (Å²) in [5, 5.41) is 2.08. The van der Waals surface area contributed by atoms with Crippen LogP contribution < -0.4 is 5.32 Å². The van der Waals surface area contributed by atoms with Crippen LogP contribution in [0.2, 0.25) is 0 Å². The number of hydrogen-bond donors (Lipinski definition) is 1. The topological polar surface area (TPSA) is 29.1 Å². The van der Waals surface area contributed by atoms with Gasteiger partial charge in [0.1, 0.15) is 11.5 Å². The Morgan fingerprint density at radius 3 is 2.20 bits per heavy atom. The number of amides is 1. The van der Waals surface area contributed by atoms with Crippen molar-refractivity contribution in [2.24, 2.45) is 0 Å². The predicted octanol–water partition coefficient (Wildman–Crippen LogP) is 4.88. The summed E-state index contributed by atoms with van der Waals surface area (Å²) in [6, 6.07) is 5.78. The zero-order valence-electron chi connectivity index (χ0n) is 9.68. The van der Waals surface area contributed by atoms with Crippen LogP contribution in [0.1, 0.15) is 10.4 Å². The number of hydrogen-bond acceptors (Lipinski definition) is 1. The molecule has 1 N–H and O–H groups in total. The second-order valence-corrected chi connectivity index (χ2v) is 5.59. The highest BCUT2D eigenvalue weighted by Crippen LogP contribution is 2.25. The van der Waals surface area contributed by atoms with Crippen LogP contribution in [0.4, 0.5) is 18.9 Å². The van der Waals surface area contributed by atoms with Crippen LogP contribution in [0.5, 0.6) is 0 Å². The van der Waals surface area contributed by atoms with Gasteiger partial charge in [-0.2, -0.15) is 0 Å². The average molecular weight is 409 g/mol. The molecule has 0 saturated carbocycles. The normalized spacial score (nSPS) is 10.4. The summed E-state index contributed by atoms with van der Waals surface area (Å²) in [7, 11) is 0. The minimum atomic E-state index is -1.18. The van der Waals surface area contributed by atoms with Crippen molar-refractivity contribution < 1.29 is 18.0 Å². The van der Waals surface area contributed by atoms with E-state index in [2.05, 4.69) is 37.2 Å². The third-order valence-corrected chi connectivity index (χ3v) is 3.60. The lowest BCUT2D eigenvalue weighted by Gasteiger charge is -2.09. The van der Waals surface area contributed by atoms with Crippen molar-refractivity contribution in [3.63, 3.8) is 0 Å². The molecule has 0 fully saturated rings. The lowest BCUT2D eigenvalue weighted by Crippen LogP contribution is -2.15. The summed E-state index contributed by atoms with van der Waals surface area (Å²) in [6.07, 6.45) is 0. The second kappa shape index (κ2) is 5.97. The molecule has 2 nitrogen and oxygen atoms in total. The number of anilines is 1. The molecule has 0 bridgehead atoms. The van der Waals surface area contributed by atoms with Crippen LogP contribution in [-0.4, -0.2) is 5.91 Å². The first-order valence-corrected chi connectivity index (χ1v) is 6.88. The molecular formula is C13H6Br2F3NO. The molecule has 20 heavy (non-hydrogen) atoms. The molecule has 0 aliphatic rings. The van der Waals surface area contributed by atoms with E-state index in [9.17, 15) is 18.0 Å². The SMILES string of the molecule is O=C(Nc1c(F)cc(F)cc1F)c1cc(Br)ccc1Br. The monoisotopic (exact) mass is 407 g/mol. The van der Waals surface area contributed by atoms with Crippen molar-refractivity contribution >= 4 is 43.5 Å². The van der Waals surface area contributed by atoms with Crippen molar-refractivity contribution in [3.05, 3.63) is 62.3 Å². The fourth-order valence-electron chi connectivity index (χ4n) is 1.51.